The number of amides is 3. The van der Waals surface area contributed by atoms with Gasteiger partial charge in [-0.25, -0.2) is 13.2 Å². The van der Waals surface area contributed by atoms with Crippen molar-refractivity contribution >= 4 is 33.5 Å². The predicted octanol–water partition coefficient (Wildman–Crippen LogP) is 0.119. The van der Waals surface area contributed by atoms with Crippen LogP contribution in [0.5, 0.6) is 0 Å². The van der Waals surface area contributed by atoms with E-state index in [1.54, 1.807) is 25.5 Å². The van der Waals surface area contributed by atoms with Crippen LogP contribution >= 0.6 is 11.8 Å². The van der Waals surface area contributed by atoms with Gasteiger partial charge in [-0.05, 0) is 26.2 Å². The number of sulfone groups is 1. The minimum absolute atomic E-state index is 0.0595. The van der Waals surface area contributed by atoms with Gasteiger partial charge in [0.2, 0.25) is 5.91 Å². The van der Waals surface area contributed by atoms with Gasteiger partial charge in [-0.2, -0.15) is 0 Å². The van der Waals surface area contributed by atoms with Crippen molar-refractivity contribution in [3.8, 4) is 0 Å². The fourth-order valence-corrected chi connectivity index (χ4v) is 5.24. The number of carbonyl (C=O) groups excluding carboxylic acids is 2. The van der Waals surface area contributed by atoms with Crippen molar-refractivity contribution in [3.63, 3.8) is 0 Å². The molecule has 2 unspecified atom stereocenters. The third-order valence-corrected chi connectivity index (χ3v) is 6.92. The summed E-state index contributed by atoms with van der Waals surface area (Å²) in [6.45, 7) is 3.88. The van der Waals surface area contributed by atoms with Crippen LogP contribution in [0.25, 0.3) is 0 Å². The smallest absolute Gasteiger partial charge is 0.321 e. The van der Waals surface area contributed by atoms with Crippen LogP contribution in [0, 0.1) is 5.92 Å². The van der Waals surface area contributed by atoms with E-state index in [0.29, 0.717) is 30.4 Å². The zero-order chi connectivity index (χ0) is 18.6. The summed E-state index contributed by atoms with van der Waals surface area (Å²) in [7, 11) is -1.13. The van der Waals surface area contributed by atoms with Crippen LogP contribution in [0.2, 0.25) is 0 Å². The normalized spacial score (nSPS) is 20.2. The molecule has 0 aromatic carbocycles. The Morgan fingerprint density at radius 1 is 1.40 bits per heavy atom. The monoisotopic (exact) mass is 389 g/mol. The van der Waals surface area contributed by atoms with E-state index in [0.717, 1.165) is 0 Å². The van der Waals surface area contributed by atoms with Crippen LogP contribution in [0.4, 0.5) is 4.79 Å². The van der Waals surface area contributed by atoms with Crippen LogP contribution in [0.15, 0.2) is 5.16 Å². The molecule has 2 N–H and O–H groups in total. The van der Waals surface area contributed by atoms with Crippen molar-refractivity contribution in [1.82, 2.24) is 25.4 Å². The molecule has 0 aliphatic carbocycles. The Hall–Kier alpha value is -1.62. The first kappa shape index (κ1) is 19.7. The maximum atomic E-state index is 12.0. The van der Waals surface area contributed by atoms with Crippen LogP contribution < -0.4 is 10.6 Å². The Morgan fingerprint density at radius 3 is 2.72 bits per heavy atom. The minimum atomic E-state index is -2.92. The van der Waals surface area contributed by atoms with Crippen molar-refractivity contribution in [2.75, 3.05) is 18.1 Å². The van der Waals surface area contributed by atoms with E-state index >= 15 is 0 Å². The second kappa shape index (κ2) is 8.17. The van der Waals surface area contributed by atoms with Gasteiger partial charge in [0.05, 0.1) is 16.8 Å². The van der Waals surface area contributed by atoms with Gasteiger partial charge >= 0.3 is 6.03 Å². The lowest BCUT2D eigenvalue weighted by atomic mass is 10.1. The summed E-state index contributed by atoms with van der Waals surface area (Å²) in [5.41, 5.74) is 0. The number of nitrogens with one attached hydrogen (secondary N) is 2. The van der Waals surface area contributed by atoms with E-state index in [9.17, 15) is 18.0 Å². The number of carbonyl (C=O) groups is 2. The van der Waals surface area contributed by atoms with Gasteiger partial charge in [0.25, 0.3) is 0 Å². The van der Waals surface area contributed by atoms with Gasteiger partial charge < -0.3 is 9.88 Å². The van der Waals surface area contributed by atoms with E-state index in [-0.39, 0.29) is 17.4 Å². The quantitative estimate of drug-likeness (QED) is 0.662. The van der Waals surface area contributed by atoms with E-state index < -0.39 is 27.0 Å². The molecule has 2 atom stereocenters. The molecule has 1 saturated heterocycles. The summed E-state index contributed by atoms with van der Waals surface area (Å²) >= 11 is 1.20. The maximum absolute atomic E-state index is 12.0. The summed E-state index contributed by atoms with van der Waals surface area (Å²) in [6, 6.07) is -0.527. The molecular weight excluding hydrogens is 366 g/mol. The van der Waals surface area contributed by atoms with Crippen molar-refractivity contribution in [3.05, 3.63) is 5.82 Å². The highest BCUT2D eigenvalue weighted by molar-refractivity contribution is 8.00. The molecule has 2 rings (SSSR count). The van der Waals surface area contributed by atoms with Crippen molar-refractivity contribution in [2.45, 2.75) is 37.1 Å². The van der Waals surface area contributed by atoms with Crippen molar-refractivity contribution in [1.29, 1.82) is 0 Å². The highest BCUT2D eigenvalue weighted by Crippen LogP contribution is 2.25. The van der Waals surface area contributed by atoms with Crippen LogP contribution in [-0.4, -0.2) is 58.4 Å². The summed E-state index contributed by atoms with van der Waals surface area (Å²) < 4.78 is 24.9. The molecule has 25 heavy (non-hydrogen) atoms. The summed E-state index contributed by atoms with van der Waals surface area (Å²) in [5.74, 6) is 0.759. The van der Waals surface area contributed by atoms with E-state index in [1.807, 2.05) is 0 Å². The Balaban J connectivity index is 1.94. The topological polar surface area (TPSA) is 123 Å². The minimum Gasteiger partial charge on any atom is -0.338 e. The van der Waals surface area contributed by atoms with Crippen molar-refractivity contribution < 1.29 is 18.0 Å². The van der Waals surface area contributed by atoms with E-state index in [4.69, 9.17) is 0 Å². The third-order valence-electron chi connectivity index (χ3n) is 3.95. The molecule has 1 aliphatic rings. The molecule has 0 radical (unpaired) electrons. The average molecular weight is 390 g/mol. The second-order valence-corrected chi connectivity index (χ2v) is 9.58. The first-order valence-corrected chi connectivity index (χ1v) is 10.8. The first-order valence-electron chi connectivity index (χ1n) is 8.06. The summed E-state index contributed by atoms with van der Waals surface area (Å²) in [5, 5.41) is 13.0. The highest BCUT2D eigenvalue weighted by atomic mass is 32.2. The first-order chi connectivity index (χ1) is 11.7. The second-order valence-electron chi connectivity index (χ2n) is 6.04. The van der Waals surface area contributed by atoms with Crippen LogP contribution in [0.3, 0.4) is 0 Å². The molecule has 0 saturated carbocycles. The van der Waals surface area contributed by atoms with Gasteiger partial charge in [0.15, 0.2) is 15.0 Å². The molecule has 1 aromatic heterocycles. The fraction of sp³-hybridized carbons (Fsp3) is 0.714. The van der Waals surface area contributed by atoms with E-state index in [1.165, 1.54) is 11.8 Å². The molecule has 1 fully saturated rings. The maximum Gasteiger partial charge on any atom is 0.321 e. The molecule has 1 aliphatic heterocycles. The molecule has 11 heteroatoms. The van der Waals surface area contributed by atoms with Gasteiger partial charge in [0.1, 0.15) is 5.82 Å². The number of aromatic nitrogens is 3. The molecule has 9 nitrogen and oxygen atoms in total. The third kappa shape index (κ3) is 5.43. The fourth-order valence-electron chi connectivity index (χ4n) is 2.55. The van der Waals surface area contributed by atoms with Crippen LogP contribution in [-0.2, 0) is 28.1 Å². The van der Waals surface area contributed by atoms with E-state index in [2.05, 4.69) is 20.8 Å². The SMILES string of the molecule is CCNC(=O)NC(=O)C(C)Sc1nnc(CC2CCS(=O)(=O)C2)n1C. The molecule has 0 spiro atoms. The lowest BCUT2D eigenvalue weighted by molar-refractivity contribution is -0.119. The largest absolute Gasteiger partial charge is 0.338 e. The average Bonchev–Trinajstić information content (AvgIpc) is 3.03. The zero-order valence-corrected chi connectivity index (χ0v) is 16.1. The Bertz CT molecular complexity index is 746. The molecular formula is C14H23N5O4S2. The Morgan fingerprint density at radius 2 is 2.12 bits per heavy atom. The van der Waals surface area contributed by atoms with Crippen LogP contribution in [0.1, 0.15) is 26.1 Å². The number of urea groups is 1. The number of hydrogen-bond acceptors (Lipinski definition) is 7. The summed E-state index contributed by atoms with van der Waals surface area (Å²) in [6.07, 6.45) is 1.19. The summed E-state index contributed by atoms with van der Waals surface area (Å²) in [4.78, 5) is 23.4. The number of nitrogens with zero attached hydrogens (tertiary/aromatic N) is 3. The van der Waals surface area contributed by atoms with Gasteiger partial charge in [-0.15, -0.1) is 10.2 Å². The predicted molar refractivity (Wildman–Crippen MR) is 94.0 cm³/mol. The van der Waals surface area contributed by atoms with Gasteiger partial charge in [-0.1, -0.05) is 11.8 Å². The van der Waals surface area contributed by atoms with Gasteiger partial charge in [0, 0.05) is 20.0 Å². The zero-order valence-electron chi connectivity index (χ0n) is 14.5. The Kier molecular flexibility index (Phi) is 6.44. The molecule has 0 bridgehead atoms. The number of hydrogen-bond donors (Lipinski definition) is 2. The molecule has 2 heterocycles. The number of thioether (sulfide) groups is 1. The molecule has 1 aromatic rings. The van der Waals surface area contributed by atoms with Crippen molar-refractivity contribution in [2.24, 2.45) is 13.0 Å². The Labute approximate surface area is 151 Å². The lowest BCUT2D eigenvalue weighted by Gasteiger charge is -2.11. The lowest BCUT2D eigenvalue weighted by Crippen LogP contribution is -2.42. The number of imide groups is 1. The standard InChI is InChI=1S/C14H23N5O4S2/c1-4-15-13(21)16-12(20)9(2)24-14-18-17-11(19(14)3)7-10-5-6-25(22,23)8-10/h9-10H,4-8H2,1-3H3,(H2,15,16,20,21). The highest BCUT2D eigenvalue weighted by Gasteiger charge is 2.29. The molecule has 140 valence electrons. The number of rotatable bonds is 6. The van der Waals surface area contributed by atoms with Gasteiger partial charge in [-0.3, -0.25) is 10.1 Å². The molecule has 3 amide bonds.